The van der Waals surface area contributed by atoms with E-state index in [2.05, 4.69) is 0 Å². The third-order valence-electron chi connectivity index (χ3n) is 7.19. The van der Waals surface area contributed by atoms with Crippen LogP contribution in [-0.4, -0.2) is 41.1 Å². The molecule has 0 fully saturated rings. The first-order valence-corrected chi connectivity index (χ1v) is 19.6. The molecule has 6 nitrogen and oxygen atoms in total. The van der Waals surface area contributed by atoms with Crippen LogP contribution in [0.5, 0.6) is 0 Å². The fourth-order valence-electron chi connectivity index (χ4n) is 5.62. The maximum Gasteiger partial charge on any atom is 0.294 e. The van der Waals surface area contributed by atoms with E-state index >= 15 is 0 Å². The van der Waals surface area contributed by atoms with Crippen molar-refractivity contribution < 1.29 is 25.9 Å². The average molecular weight is 515 g/mol. The monoisotopic (exact) mass is 514 g/mol. The van der Waals surface area contributed by atoms with E-state index in [4.69, 9.17) is 0 Å². The van der Waals surface area contributed by atoms with Gasteiger partial charge in [-0.15, -0.1) is 0 Å². The highest BCUT2D eigenvalue weighted by Crippen LogP contribution is 2.36. The third kappa shape index (κ3) is 4.53. The van der Waals surface area contributed by atoms with Gasteiger partial charge in [0.25, 0.3) is 20.2 Å². The zero-order valence-corrected chi connectivity index (χ0v) is 23.3. The summed E-state index contributed by atoms with van der Waals surface area (Å²) in [7, 11) is -14.4. The van der Waals surface area contributed by atoms with Crippen molar-refractivity contribution >= 4 is 45.8 Å². The average Bonchev–Trinajstić information content (AvgIpc) is 2.70. The molecule has 2 aromatic rings. The minimum absolute atomic E-state index is 0.0710. The largest absolute Gasteiger partial charge is 0.294 e. The van der Waals surface area contributed by atoms with Crippen molar-refractivity contribution in [3.8, 4) is 0 Å². The molecule has 2 rings (SSSR count). The Morgan fingerprint density at radius 1 is 0.625 bits per heavy atom. The molecule has 178 valence electrons. The Labute approximate surface area is 194 Å². The van der Waals surface area contributed by atoms with Crippen LogP contribution in [-0.2, 0) is 20.2 Å². The van der Waals surface area contributed by atoms with E-state index in [1.54, 1.807) is 12.1 Å². The highest BCUT2D eigenvalue weighted by atomic mass is 32.2. The summed E-state index contributed by atoms with van der Waals surface area (Å²) < 4.78 is 69.9. The van der Waals surface area contributed by atoms with Gasteiger partial charge in [-0.25, -0.2) is 0 Å². The predicted molar refractivity (Wildman–Crippen MR) is 135 cm³/mol. The second kappa shape index (κ2) is 9.51. The van der Waals surface area contributed by atoms with Crippen molar-refractivity contribution in [2.75, 3.05) is 0 Å². The molecule has 0 spiro atoms. The Morgan fingerprint density at radius 3 is 1.12 bits per heavy atom. The summed E-state index contributed by atoms with van der Waals surface area (Å²) in [5.41, 5.74) is 1.78. The molecule has 0 saturated carbocycles. The summed E-state index contributed by atoms with van der Waals surface area (Å²) in [6.07, 6.45) is 0. The summed E-state index contributed by atoms with van der Waals surface area (Å²) in [5.74, 6) is 0. The van der Waals surface area contributed by atoms with Gasteiger partial charge < -0.3 is 0 Å². The Hall–Kier alpha value is -1.31. The molecule has 10 heteroatoms. The molecule has 0 bridgehead atoms. The number of rotatable bonds is 9. The lowest BCUT2D eigenvalue weighted by Crippen LogP contribution is -2.75. The smallest absolute Gasteiger partial charge is 0.282 e. The Balaban J connectivity index is 3.15. The van der Waals surface area contributed by atoms with Gasteiger partial charge in [-0.05, 0) is 36.4 Å². The van der Waals surface area contributed by atoms with Gasteiger partial charge >= 0.3 is 0 Å². The topological polar surface area (TPSA) is 109 Å². The van der Waals surface area contributed by atoms with Crippen molar-refractivity contribution in [1.29, 1.82) is 0 Å². The first-order valence-electron chi connectivity index (χ1n) is 10.9. The number of hydrogen-bond acceptors (Lipinski definition) is 4. The molecule has 2 N–H and O–H groups in total. The van der Waals surface area contributed by atoms with Crippen LogP contribution < -0.4 is 10.4 Å². The predicted octanol–water partition coefficient (Wildman–Crippen LogP) is 3.97. The Kier molecular flexibility index (Phi) is 8.01. The standard InChI is InChI=1S/C22H34O6S2Si2/c1-7-31(8-2,21-15-17(5)11-13-19(21)29(23,24)25)32(9-3,10-4)22-16-18(6)12-14-20(22)30(26,27)28/h11-16H,7-10H2,1-6H3,(H,23,24,25)(H,26,27,28). The van der Waals surface area contributed by atoms with Crippen molar-refractivity contribution in [2.24, 2.45) is 0 Å². The molecular weight excluding hydrogens is 481 g/mol. The van der Waals surface area contributed by atoms with E-state index in [0.29, 0.717) is 34.5 Å². The molecule has 0 heterocycles. The zero-order chi connectivity index (χ0) is 24.5. The van der Waals surface area contributed by atoms with Gasteiger partial charge in [0.05, 0.1) is 25.0 Å². The maximum absolute atomic E-state index is 12.4. The van der Waals surface area contributed by atoms with E-state index in [1.165, 1.54) is 12.1 Å². The summed E-state index contributed by atoms with van der Waals surface area (Å²) in [6.45, 7) is 11.9. The van der Waals surface area contributed by atoms with Gasteiger partial charge in [0, 0.05) is 0 Å². The molecule has 32 heavy (non-hydrogen) atoms. The molecular formula is C22H34O6S2Si2. The van der Waals surface area contributed by atoms with E-state index in [1.807, 2.05) is 53.7 Å². The molecule has 0 aliphatic heterocycles. The fraction of sp³-hybridized carbons (Fsp3) is 0.455. The van der Waals surface area contributed by atoms with Crippen LogP contribution in [0.25, 0.3) is 0 Å². The van der Waals surface area contributed by atoms with Crippen molar-refractivity contribution in [3.63, 3.8) is 0 Å². The van der Waals surface area contributed by atoms with E-state index < -0.39 is 35.4 Å². The van der Waals surface area contributed by atoms with Crippen LogP contribution in [0.1, 0.15) is 38.8 Å². The lowest BCUT2D eigenvalue weighted by atomic mass is 10.2. The fourth-order valence-corrected chi connectivity index (χ4v) is 30.1. The molecule has 0 amide bonds. The van der Waals surface area contributed by atoms with Crippen LogP contribution >= 0.6 is 0 Å². The summed E-state index contributed by atoms with van der Waals surface area (Å²) in [4.78, 5) is -0.142. The van der Waals surface area contributed by atoms with Gasteiger partial charge in [0.2, 0.25) is 0 Å². The van der Waals surface area contributed by atoms with Crippen LogP contribution in [0, 0.1) is 13.8 Å². The van der Waals surface area contributed by atoms with E-state index in [0.717, 1.165) is 11.1 Å². The van der Waals surface area contributed by atoms with Gasteiger partial charge in [-0.1, -0.05) is 87.3 Å². The molecule has 0 aliphatic rings. The number of benzene rings is 2. The quantitative estimate of drug-likeness (QED) is 0.387. The number of aryl methyl sites for hydroxylation is 2. The summed E-state index contributed by atoms with van der Waals surface area (Å²) in [5, 5.41) is 1.34. The Bertz CT molecular complexity index is 1100. The van der Waals surface area contributed by atoms with E-state index in [-0.39, 0.29) is 9.79 Å². The zero-order valence-electron chi connectivity index (χ0n) is 19.6. The number of hydrogen-bond donors (Lipinski definition) is 2. The summed E-state index contributed by atoms with van der Waals surface area (Å²) in [6, 6.07) is 12.8. The normalized spacial score (nSPS) is 13.4. The highest BCUT2D eigenvalue weighted by molar-refractivity contribution is 7.86. The van der Waals surface area contributed by atoms with Crippen LogP contribution in [0.15, 0.2) is 46.2 Å². The molecule has 0 unspecified atom stereocenters. The lowest BCUT2D eigenvalue weighted by molar-refractivity contribution is 0.481. The molecule has 2 aromatic carbocycles. The Morgan fingerprint density at radius 2 is 0.906 bits per heavy atom. The van der Waals surface area contributed by atoms with Crippen molar-refractivity contribution in [1.82, 2.24) is 0 Å². The first kappa shape index (κ1) is 26.9. The molecule has 0 aliphatic carbocycles. The second-order valence-electron chi connectivity index (χ2n) is 8.53. The van der Waals surface area contributed by atoms with Crippen LogP contribution in [0.2, 0.25) is 24.2 Å². The van der Waals surface area contributed by atoms with Gasteiger partial charge in [0.15, 0.2) is 0 Å². The molecule has 0 atom stereocenters. The first-order chi connectivity index (χ1) is 14.7. The molecule has 0 radical (unpaired) electrons. The lowest BCUT2D eigenvalue weighted by Gasteiger charge is -2.49. The van der Waals surface area contributed by atoms with Crippen LogP contribution in [0.4, 0.5) is 0 Å². The molecule has 0 saturated heterocycles. The molecule has 0 aromatic heterocycles. The SMILES string of the molecule is CC[Si](CC)(c1cc(C)ccc1S(=O)(=O)O)[Si](CC)(CC)c1cc(C)ccc1S(=O)(=O)O. The minimum atomic E-state index is -4.47. The van der Waals surface area contributed by atoms with Gasteiger partial charge in [-0.3, -0.25) is 9.11 Å². The van der Waals surface area contributed by atoms with Gasteiger partial charge in [-0.2, -0.15) is 16.8 Å². The van der Waals surface area contributed by atoms with Crippen LogP contribution in [0.3, 0.4) is 0 Å². The third-order valence-corrected chi connectivity index (χ3v) is 30.3. The second-order valence-corrected chi connectivity index (χ2v) is 25.3. The maximum atomic E-state index is 12.4. The van der Waals surface area contributed by atoms with Crippen molar-refractivity contribution in [2.45, 2.75) is 75.5 Å². The van der Waals surface area contributed by atoms with Gasteiger partial charge in [0.1, 0.15) is 0 Å². The van der Waals surface area contributed by atoms with Crippen molar-refractivity contribution in [3.05, 3.63) is 47.5 Å². The highest BCUT2D eigenvalue weighted by Gasteiger charge is 2.55. The van der Waals surface area contributed by atoms with E-state index in [9.17, 15) is 25.9 Å². The summed E-state index contributed by atoms with van der Waals surface area (Å²) >= 11 is 0. The minimum Gasteiger partial charge on any atom is -0.282 e.